The van der Waals surface area contributed by atoms with Gasteiger partial charge in [-0.15, -0.1) is 0 Å². The van der Waals surface area contributed by atoms with Gasteiger partial charge in [-0.05, 0) is 49.2 Å². The van der Waals surface area contributed by atoms with Gasteiger partial charge in [0.25, 0.3) is 0 Å². The minimum Gasteiger partial charge on any atom is -0.497 e. The van der Waals surface area contributed by atoms with Crippen molar-refractivity contribution in [2.45, 2.75) is 13.8 Å². The third-order valence-electron chi connectivity index (χ3n) is 3.57. The van der Waals surface area contributed by atoms with Crippen LogP contribution in [0.3, 0.4) is 0 Å². The minimum atomic E-state index is 0.664. The SMILES string of the molecule is COc1ccc(-c2nc3c(C)cccn3c2N)c(C)c1. The van der Waals surface area contributed by atoms with E-state index in [1.165, 1.54) is 0 Å². The number of nitrogen functional groups attached to an aromatic ring is 1. The standard InChI is InChI=1S/C16H17N3O/c1-10-5-4-8-19-15(17)14(18-16(10)19)13-7-6-12(20-3)9-11(13)2/h4-9H,17H2,1-3H3. The number of anilines is 1. The van der Waals surface area contributed by atoms with Crippen LogP contribution in [0.4, 0.5) is 5.82 Å². The Kier molecular flexibility index (Phi) is 2.86. The first-order valence-corrected chi connectivity index (χ1v) is 6.50. The maximum absolute atomic E-state index is 6.25. The lowest BCUT2D eigenvalue weighted by Gasteiger charge is -2.06. The predicted molar refractivity (Wildman–Crippen MR) is 81.1 cm³/mol. The van der Waals surface area contributed by atoms with Crippen molar-refractivity contribution in [2.24, 2.45) is 0 Å². The molecule has 0 spiro atoms. The molecule has 0 saturated carbocycles. The molecule has 4 nitrogen and oxygen atoms in total. The third kappa shape index (κ3) is 1.81. The molecule has 0 saturated heterocycles. The van der Waals surface area contributed by atoms with Crippen LogP contribution in [-0.2, 0) is 0 Å². The van der Waals surface area contributed by atoms with Crippen molar-refractivity contribution < 1.29 is 4.74 Å². The summed E-state index contributed by atoms with van der Waals surface area (Å²) < 4.78 is 7.16. The first-order valence-electron chi connectivity index (χ1n) is 6.50. The highest BCUT2D eigenvalue weighted by atomic mass is 16.5. The van der Waals surface area contributed by atoms with Crippen LogP contribution in [0.2, 0.25) is 0 Å². The Hall–Kier alpha value is -2.49. The number of rotatable bonds is 2. The van der Waals surface area contributed by atoms with Crippen LogP contribution in [0, 0.1) is 13.8 Å². The maximum atomic E-state index is 6.25. The highest BCUT2D eigenvalue weighted by molar-refractivity contribution is 5.78. The molecule has 20 heavy (non-hydrogen) atoms. The molecule has 0 aliphatic rings. The quantitative estimate of drug-likeness (QED) is 0.775. The summed E-state index contributed by atoms with van der Waals surface area (Å²) in [4.78, 5) is 4.70. The molecule has 0 atom stereocenters. The summed E-state index contributed by atoms with van der Waals surface area (Å²) in [6.07, 6.45) is 1.94. The van der Waals surface area contributed by atoms with Crippen molar-refractivity contribution in [2.75, 3.05) is 12.8 Å². The Labute approximate surface area is 117 Å². The van der Waals surface area contributed by atoms with Crippen molar-refractivity contribution in [3.63, 3.8) is 0 Å². The van der Waals surface area contributed by atoms with Gasteiger partial charge in [0.2, 0.25) is 0 Å². The Balaban J connectivity index is 2.25. The molecule has 2 aromatic heterocycles. The minimum absolute atomic E-state index is 0.664. The fourth-order valence-electron chi connectivity index (χ4n) is 2.45. The smallest absolute Gasteiger partial charge is 0.142 e. The van der Waals surface area contributed by atoms with Gasteiger partial charge < -0.3 is 10.5 Å². The van der Waals surface area contributed by atoms with E-state index in [9.17, 15) is 0 Å². The average Bonchev–Trinajstić information content (AvgIpc) is 2.78. The zero-order valence-electron chi connectivity index (χ0n) is 11.8. The number of hydrogen-bond donors (Lipinski definition) is 1. The summed E-state index contributed by atoms with van der Waals surface area (Å²) in [5, 5.41) is 0. The Morgan fingerprint density at radius 2 is 1.95 bits per heavy atom. The van der Waals surface area contributed by atoms with Gasteiger partial charge in [-0.2, -0.15) is 0 Å². The molecule has 0 aliphatic carbocycles. The van der Waals surface area contributed by atoms with Gasteiger partial charge in [0.15, 0.2) is 0 Å². The summed E-state index contributed by atoms with van der Waals surface area (Å²) in [7, 11) is 1.66. The molecule has 3 rings (SSSR count). The van der Waals surface area contributed by atoms with Crippen LogP contribution in [-0.4, -0.2) is 16.5 Å². The van der Waals surface area contributed by atoms with E-state index < -0.39 is 0 Å². The number of aryl methyl sites for hydroxylation is 2. The van der Waals surface area contributed by atoms with Gasteiger partial charge in [0, 0.05) is 11.8 Å². The van der Waals surface area contributed by atoms with Crippen LogP contribution < -0.4 is 10.5 Å². The monoisotopic (exact) mass is 267 g/mol. The van der Waals surface area contributed by atoms with Crippen molar-refractivity contribution >= 4 is 11.5 Å². The molecule has 0 amide bonds. The zero-order valence-corrected chi connectivity index (χ0v) is 11.8. The second-order valence-corrected chi connectivity index (χ2v) is 4.91. The number of hydrogen-bond acceptors (Lipinski definition) is 3. The Morgan fingerprint density at radius 1 is 1.15 bits per heavy atom. The van der Waals surface area contributed by atoms with Gasteiger partial charge in [-0.3, -0.25) is 4.40 Å². The predicted octanol–water partition coefficient (Wildman–Crippen LogP) is 3.21. The van der Waals surface area contributed by atoms with Gasteiger partial charge in [0.1, 0.15) is 22.9 Å². The normalized spacial score (nSPS) is 10.9. The van der Waals surface area contributed by atoms with Crippen molar-refractivity contribution in [3.05, 3.63) is 47.7 Å². The molecule has 4 heteroatoms. The van der Waals surface area contributed by atoms with Crippen LogP contribution in [0.5, 0.6) is 5.75 Å². The second-order valence-electron chi connectivity index (χ2n) is 4.91. The fourth-order valence-corrected chi connectivity index (χ4v) is 2.45. The van der Waals surface area contributed by atoms with E-state index in [-0.39, 0.29) is 0 Å². The topological polar surface area (TPSA) is 52.5 Å². The summed E-state index contributed by atoms with van der Waals surface area (Å²) in [6.45, 7) is 4.07. The number of nitrogens with two attached hydrogens (primary N) is 1. The summed E-state index contributed by atoms with van der Waals surface area (Å²) in [5.41, 5.74) is 11.2. The zero-order chi connectivity index (χ0) is 14.3. The van der Waals surface area contributed by atoms with Crippen LogP contribution in [0.25, 0.3) is 16.9 Å². The number of methoxy groups -OCH3 is 1. The molecule has 1 aromatic carbocycles. The molecule has 0 aliphatic heterocycles. The summed E-state index contributed by atoms with van der Waals surface area (Å²) >= 11 is 0. The van der Waals surface area contributed by atoms with E-state index in [0.29, 0.717) is 5.82 Å². The number of imidazole rings is 1. The Bertz CT molecular complexity index is 790. The number of aromatic nitrogens is 2. The van der Waals surface area contributed by atoms with E-state index >= 15 is 0 Å². The van der Waals surface area contributed by atoms with Crippen molar-refractivity contribution in [3.8, 4) is 17.0 Å². The Morgan fingerprint density at radius 3 is 2.60 bits per heavy atom. The fraction of sp³-hybridized carbons (Fsp3) is 0.188. The second kappa shape index (κ2) is 4.56. The molecular formula is C16H17N3O. The lowest BCUT2D eigenvalue weighted by Crippen LogP contribution is -1.95. The first-order chi connectivity index (χ1) is 9.61. The van der Waals surface area contributed by atoms with Gasteiger partial charge in [-0.25, -0.2) is 4.98 Å². The number of pyridine rings is 1. The largest absolute Gasteiger partial charge is 0.497 e. The number of benzene rings is 1. The summed E-state index contributed by atoms with van der Waals surface area (Å²) in [5.74, 6) is 1.50. The van der Waals surface area contributed by atoms with Gasteiger partial charge in [-0.1, -0.05) is 6.07 Å². The average molecular weight is 267 g/mol. The molecule has 0 unspecified atom stereocenters. The van der Waals surface area contributed by atoms with E-state index in [1.807, 2.05) is 54.8 Å². The van der Waals surface area contributed by atoms with Gasteiger partial charge in [0.05, 0.1) is 7.11 Å². The van der Waals surface area contributed by atoms with Crippen molar-refractivity contribution in [1.82, 2.24) is 9.38 Å². The first kappa shape index (κ1) is 12.5. The molecule has 0 fully saturated rings. The third-order valence-corrected chi connectivity index (χ3v) is 3.57. The highest BCUT2D eigenvalue weighted by Crippen LogP contribution is 2.31. The van der Waals surface area contributed by atoms with E-state index in [4.69, 9.17) is 15.5 Å². The summed E-state index contributed by atoms with van der Waals surface area (Å²) in [6, 6.07) is 9.93. The van der Waals surface area contributed by atoms with E-state index in [2.05, 4.69) is 0 Å². The number of nitrogens with zero attached hydrogens (tertiary/aromatic N) is 2. The molecule has 2 heterocycles. The highest BCUT2D eigenvalue weighted by Gasteiger charge is 2.14. The number of fused-ring (bicyclic) bond motifs is 1. The van der Waals surface area contributed by atoms with E-state index in [0.717, 1.165) is 33.8 Å². The lowest BCUT2D eigenvalue weighted by atomic mass is 10.1. The van der Waals surface area contributed by atoms with E-state index in [1.54, 1.807) is 7.11 Å². The molecule has 0 bridgehead atoms. The van der Waals surface area contributed by atoms with Gasteiger partial charge >= 0.3 is 0 Å². The molecule has 2 N–H and O–H groups in total. The van der Waals surface area contributed by atoms with Crippen LogP contribution >= 0.6 is 0 Å². The van der Waals surface area contributed by atoms with Crippen molar-refractivity contribution in [1.29, 1.82) is 0 Å². The molecule has 102 valence electrons. The number of ether oxygens (including phenoxy) is 1. The molecule has 3 aromatic rings. The maximum Gasteiger partial charge on any atom is 0.142 e. The van der Waals surface area contributed by atoms with Crippen LogP contribution in [0.15, 0.2) is 36.5 Å². The lowest BCUT2D eigenvalue weighted by molar-refractivity contribution is 0.414. The molecular weight excluding hydrogens is 250 g/mol. The van der Waals surface area contributed by atoms with Crippen LogP contribution in [0.1, 0.15) is 11.1 Å². The molecule has 0 radical (unpaired) electrons.